The first kappa shape index (κ1) is 20.6. The Balaban J connectivity index is 2.11. The van der Waals surface area contributed by atoms with Gasteiger partial charge < -0.3 is 20.1 Å². The Morgan fingerprint density at radius 2 is 1.46 bits per heavy atom. The minimum atomic E-state index is -0.653. The van der Waals surface area contributed by atoms with Crippen LogP contribution in [0.25, 0.3) is 0 Å². The fourth-order valence-electron chi connectivity index (χ4n) is 2.38. The maximum absolute atomic E-state index is 12.3. The number of hydrogen-bond acceptors (Lipinski definition) is 7. The monoisotopic (exact) mass is 384 g/mol. The number of rotatable bonds is 7. The number of carbonyl (C=O) groups is 4. The summed E-state index contributed by atoms with van der Waals surface area (Å²) in [6.07, 6.45) is 0. The summed E-state index contributed by atoms with van der Waals surface area (Å²) in [6, 6.07) is 10.8. The molecule has 0 saturated carbocycles. The first-order valence-electron chi connectivity index (χ1n) is 8.31. The molecule has 2 N–H and O–H groups in total. The molecule has 0 heterocycles. The van der Waals surface area contributed by atoms with Gasteiger partial charge in [-0.2, -0.15) is 0 Å². The number of ether oxygens (including phenoxy) is 2. The maximum atomic E-state index is 12.3. The molecule has 0 spiro atoms. The minimum Gasteiger partial charge on any atom is -0.465 e. The van der Waals surface area contributed by atoms with Crippen LogP contribution in [0.1, 0.15) is 38.0 Å². The molecule has 0 unspecified atom stereocenters. The summed E-state index contributed by atoms with van der Waals surface area (Å²) in [4.78, 5) is 47.2. The molecule has 8 nitrogen and oxygen atoms in total. The number of nitrogens with one attached hydrogen (secondary N) is 2. The summed E-state index contributed by atoms with van der Waals surface area (Å²) in [5.74, 6) is -1.75. The van der Waals surface area contributed by atoms with Crippen molar-refractivity contribution in [1.29, 1.82) is 0 Å². The number of benzene rings is 2. The van der Waals surface area contributed by atoms with Crippen LogP contribution < -0.4 is 10.6 Å². The predicted octanol–water partition coefficient (Wildman–Crippen LogP) is 2.51. The number of anilines is 2. The fourth-order valence-corrected chi connectivity index (χ4v) is 2.38. The molecule has 2 aromatic carbocycles. The highest BCUT2D eigenvalue weighted by molar-refractivity contribution is 6.04. The summed E-state index contributed by atoms with van der Waals surface area (Å²) < 4.78 is 9.35. The van der Waals surface area contributed by atoms with Crippen LogP contribution in [-0.4, -0.2) is 44.4 Å². The van der Waals surface area contributed by atoms with Gasteiger partial charge in [0.1, 0.15) is 0 Å². The molecule has 0 bridgehead atoms. The first-order valence-corrected chi connectivity index (χ1v) is 8.31. The number of methoxy groups -OCH3 is 2. The Morgan fingerprint density at radius 1 is 0.857 bits per heavy atom. The summed E-state index contributed by atoms with van der Waals surface area (Å²) in [6.45, 7) is 1.37. The van der Waals surface area contributed by atoms with Gasteiger partial charge in [0.2, 0.25) is 5.91 Å². The van der Waals surface area contributed by atoms with E-state index in [0.717, 1.165) is 0 Å². The van der Waals surface area contributed by atoms with Gasteiger partial charge >= 0.3 is 11.9 Å². The molecule has 1 amide bonds. The lowest BCUT2D eigenvalue weighted by molar-refractivity contribution is -0.114. The van der Waals surface area contributed by atoms with Crippen LogP contribution in [0.15, 0.2) is 42.5 Å². The van der Waals surface area contributed by atoms with Gasteiger partial charge in [0, 0.05) is 11.3 Å². The number of hydrogen-bond donors (Lipinski definition) is 2. The molecule has 0 aliphatic carbocycles. The van der Waals surface area contributed by atoms with Crippen molar-refractivity contribution in [1.82, 2.24) is 0 Å². The lowest BCUT2D eigenvalue weighted by atomic mass is 10.1. The van der Waals surface area contributed by atoms with Gasteiger partial charge in [-0.3, -0.25) is 9.59 Å². The summed E-state index contributed by atoms with van der Waals surface area (Å²) in [7, 11) is 2.45. The molecule has 0 saturated heterocycles. The Morgan fingerprint density at radius 3 is 2.04 bits per heavy atom. The van der Waals surface area contributed by atoms with Crippen LogP contribution in [-0.2, 0) is 14.3 Å². The van der Waals surface area contributed by atoms with E-state index in [0.29, 0.717) is 11.3 Å². The first-order chi connectivity index (χ1) is 13.3. The molecule has 146 valence electrons. The smallest absolute Gasteiger partial charge is 0.339 e. The zero-order chi connectivity index (χ0) is 20.7. The topological polar surface area (TPSA) is 111 Å². The summed E-state index contributed by atoms with van der Waals surface area (Å²) in [5, 5.41) is 5.49. The van der Waals surface area contributed by atoms with E-state index in [1.807, 2.05) is 0 Å². The van der Waals surface area contributed by atoms with Crippen molar-refractivity contribution in [3.05, 3.63) is 59.2 Å². The highest BCUT2D eigenvalue weighted by Crippen LogP contribution is 2.20. The van der Waals surface area contributed by atoms with E-state index in [1.165, 1.54) is 39.3 Å². The van der Waals surface area contributed by atoms with Gasteiger partial charge in [0.25, 0.3) is 0 Å². The molecule has 0 aliphatic rings. The van der Waals surface area contributed by atoms with E-state index in [9.17, 15) is 19.2 Å². The van der Waals surface area contributed by atoms with Crippen LogP contribution in [0, 0.1) is 0 Å². The quantitative estimate of drug-likeness (QED) is 0.557. The van der Waals surface area contributed by atoms with Crippen molar-refractivity contribution in [3.8, 4) is 0 Å². The number of amides is 1. The van der Waals surface area contributed by atoms with Crippen molar-refractivity contribution in [3.63, 3.8) is 0 Å². The predicted molar refractivity (Wildman–Crippen MR) is 103 cm³/mol. The molecule has 0 fully saturated rings. The zero-order valence-electron chi connectivity index (χ0n) is 15.7. The van der Waals surface area contributed by atoms with E-state index in [-0.39, 0.29) is 29.1 Å². The second kappa shape index (κ2) is 9.31. The molecule has 8 heteroatoms. The van der Waals surface area contributed by atoms with Gasteiger partial charge in [0.05, 0.1) is 37.6 Å². The van der Waals surface area contributed by atoms with E-state index < -0.39 is 17.8 Å². The number of esters is 2. The Bertz CT molecular complexity index is 905. The van der Waals surface area contributed by atoms with Crippen molar-refractivity contribution in [2.45, 2.75) is 6.92 Å². The standard InChI is InChI=1S/C20H20N2O6/c1-12(23)13-4-7-15(8-5-13)21-11-18(24)22-17-10-14(19(25)27-2)6-9-16(17)20(26)28-3/h4-10,21H,11H2,1-3H3,(H,22,24). The van der Waals surface area contributed by atoms with Crippen molar-refractivity contribution in [2.75, 3.05) is 31.4 Å². The third-order valence-electron chi connectivity index (χ3n) is 3.86. The molecular formula is C20H20N2O6. The van der Waals surface area contributed by atoms with E-state index in [4.69, 9.17) is 4.74 Å². The number of ketones is 1. The van der Waals surface area contributed by atoms with Crippen LogP contribution >= 0.6 is 0 Å². The molecule has 2 rings (SSSR count). The Kier molecular flexibility index (Phi) is 6.86. The van der Waals surface area contributed by atoms with Crippen molar-refractivity contribution < 1.29 is 28.7 Å². The Labute approximate surface area is 161 Å². The molecule has 0 radical (unpaired) electrons. The average Bonchev–Trinajstić information content (AvgIpc) is 2.71. The molecule has 0 atom stereocenters. The van der Waals surface area contributed by atoms with E-state index >= 15 is 0 Å². The van der Waals surface area contributed by atoms with Crippen LogP contribution in [0.4, 0.5) is 11.4 Å². The van der Waals surface area contributed by atoms with Gasteiger partial charge in [-0.25, -0.2) is 9.59 Å². The lowest BCUT2D eigenvalue weighted by Gasteiger charge is -2.12. The Hall–Kier alpha value is -3.68. The molecule has 2 aromatic rings. The van der Waals surface area contributed by atoms with Gasteiger partial charge in [0.15, 0.2) is 5.78 Å². The number of Topliss-reactive ketones (excluding diaryl/α,β-unsaturated/α-hetero) is 1. The highest BCUT2D eigenvalue weighted by atomic mass is 16.5. The SMILES string of the molecule is COC(=O)c1ccc(C(=O)OC)c(NC(=O)CNc2ccc(C(C)=O)cc2)c1. The van der Waals surface area contributed by atoms with Crippen LogP contribution in [0.3, 0.4) is 0 Å². The van der Waals surface area contributed by atoms with Crippen LogP contribution in [0.2, 0.25) is 0 Å². The summed E-state index contributed by atoms with van der Waals surface area (Å²) in [5.41, 5.74) is 1.63. The van der Waals surface area contributed by atoms with Crippen molar-refractivity contribution in [2.24, 2.45) is 0 Å². The van der Waals surface area contributed by atoms with E-state index in [1.54, 1.807) is 24.3 Å². The molecule has 0 aromatic heterocycles. The second-order valence-corrected chi connectivity index (χ2v) is 5.78. The third-order valence-corrected chi connectivity index (χ3v) is 3.86. The number of carbonyl (C=O) groups excluding carboxylic acids is 4. The highest BCUT2D eigenvalue weighted by Gasteiger charge is 2.17. The summed E-state index contributed by atoms with van der Waals surface area (Å²) >= 11 is 0. The largest absolute Gasteiger partial charge is 0.465 e. The molecule has 28 heavy (non-hydrogen) atoms. The molecule has 0 aliphatic heterocycles. The second-order valence-electron chi connectivity index (χ2n) is 5.78. The average molecular weight is 384 g/mol. The minimum absolute atomic E-state index is 0.0508. The maximum Gasteiger partial charge on any atom is 0.339 e. The van der Waals surface area contributed by atoms with Gasteiger partial charge in [-0.1, -0.05) is 0 Å². The van der Waals surface area contributed by atoms with Crippen molar-refractivity contribution >= 4 is 35.0 Å². The normalized spacial score (nSPS) is 9.96. The van der Waals surface area contributed by atoms with E-state index in [2.05, 4.69) is 15.4 Å². The van der Waals surface area contributed by atoms with Crippen LogP contribution in [0.5, 0.6) is 0 Å². The zero-order valence-corrected chi connectivity index (χ0v) is 15.7. The third kappa shape index (κ3) is 5.16. The fraction of sp³-hybridized carbons (Fsp3) is 0.200. The lowest BCUT2D eigenvalue weighted by Crippen LogP contribution is -2.23. The van der Waals surface area contributed by atoms with Gasteiger partial charge in [-0.05, 0) is 49.4 Å². The molecular weight excluding hydrogens is 364 g/mol. The van der Waals surface area contributed by atoms with Gasteiger partial charge in [-0.15, -0.1) is 0 Å².